The Labute approximate surface area is 114 Å². The molecule has 4 heteroatoms. The van der Waals surface area contributed by atoms with Crippen molar-refractivity contribution in [2.45, 2.75) is 45.1 Å². The van der Waals surface area contributed by atoms with Gasteiger partial charge in [-0.15, -0.1) is 0 Å². The van der Waals surface area contributed by atoms with Crippen molar-refractivity contribution in [3.8, 4) is 0 Å². The van der Waals surface area contributed by atoms with Crippen LogP contribution in [-0.4, -0.2) is 21.1 Å². The molecule has 4 nitrogen and oxygen atoms in total. The van der Waals surface area contributed by atoms with Gasteiger partial charge < -0.3 is 10.3 Å². The average molecular weight is 258 g/mol. The summed E-state index contributed by atoms with van der Waals surface area (Å²) >= 11 is 0. The average Bonchev–Trinajstić information content (AvgIpc) is 3.16. The molecule has 1 aliphatic carbocycles. The molecule has 0 radical (unpaired) electrons. The lowest BCUT2D eigenvalue weighted by Crippen LogP contribution is -2.19. The monoisotopic (exact) mass is 258 g/mol. The third kappa shape index (κ3) is 2.37. The van der Waals surface area contributed by atoms with Gasteiger partial charge in [0.2, 0.25) is 0 Å². The summed E-state index contributed by atoms with van der Waals surface area (Å²) in [5.41, 5.74) is 8.22. The van der Waals surface area contributed by atoms with Crippen LogP contribution in [0.25, 0.3) is 11.0 Å². The third-order valence-corrected chi connectivity index (χ3v) is 3.84. The number of rotatable bonds is 5. The Bertz CT molecular complexity index is 569. The number of imidazole rings is 1. The maximum Gasteiger partial charge on any atom is 0.114 e. The van der Waals surface area contributed by atoms with Gasteiger partial charge in [-0.05, 0) is 31.2 Å². The van der Waals surface area contributed by atoms with Gasteiger partial charge in [0.1, 0.15) is 11.3 Å². The van der Waals surface area contributed by atoms with Gasteiger partial charge >= 0.3 is 0 Å². The molecule has 0 aliphatic heterocycles. The molecule has 0 bridgehead atoms. The smallest absolute Gasteiger partial charge is 0.114 e. The minimum absolute atomic E-state index is 0.355. The van der Waals surface area contributed by atoms with Crippen LogP contribution in [0.3, 0.4) is 0 Å². The van der Waals surface area contributed by atoms with Crippen LogP contribution < -0.4 is 5.73 Å². The van der Waals surface area contributed by atoms with E-state index in [1.54, 1.807) is 0 Å². The molecule has 1 saturated carbocycles. The molecule has 102 valence electrons. The van der Waals surface area contributed by atoms with Crippen molar-refractivity contribution in [3.63, 3.8) is 0 Å². The van der Waals surface area contributed by atoms with Crippen molar-refractivity contribution in [3.05, 3.63) is 24.3 Å². The highest BCUT2D eigenvalue weighted by molar-refractivity contribution is 5.75. The minimum atomic E-state index is 0.355. The zero-order chi connectivity index (χ0) is 13.4. The summed E-state index contributed by atoms with van der Waals surface area (Å²) in [6.45, 7) is 5.16. The number of pyridine rings is 1. The molecular weight excluding hydrogens is 236 g/mol. The fourth-order valence-electron chi connectivity index (χ4n) is 2.85. The summed E-state index contributed by atoms with van der Waals surface area (Å²) < 4.78 is 2.41. The summed E-state index contributed by atoms with van der Waals surface area (Å²) in [7, 11) is 0. The molecule has 0 saturated heterocycles. The Kier molecular flexibility index (Phi) is 3.27. The lowest BCUT2D eigenvalue weighted by molar-refractivity contribution is 0.473. The van der Waals surface area contributed by atoms with Gasteiger partial charge in [-0.2, -0.15) is 0 Å². The number of fused-ring (bicyclic) bond motifs is 1. The molecule has 2 aromatic rings. The van der Waals surface area contributed by atoms with Gasteiger partial charge in [0, 0.05) is 24.7 Å². The van der Waals surface area contributed by atoms with E-state index in [0.29, 0.717) is 24.4 Å². The molecule has 3 rings (SSSR count). The highest BCUT2D eigenvalue weighted by Crippen LogP contribution is 2.40. The van der Waals surface area contributed by atoms with E-state index in [2.05, 4.69) is 29.5 Å². The third-order valence-electron chi connectivity index (χ3n) is 3.84. The van der Waals surface area contributed by atoms with Crippen molar-refractivity contribution in [1.29, 1.82) is 0 Å². The molecule has 2 heterocycles. The van der Waals surface area contributed by atoms with Crippen molar-refractivity contribution in [2.24, 2.45) is 11.7 Å². The van der Waals surface area contributed by atoms with Crippen LogP contribution in [0.15, 0.2) is 18.5 Å². The Morgan fingerprint density at radius 1 is 1.42 bits per heavy atom. The van der Waals surface area contributed by atoms with Crippen LogP contribution in [0.1, 0.15) is 50.9 Å². The van der Waals surface area contributed by atoms with Crippen molar-refractivity contribution in [2.75, 3.05) is 6.54 Å². The molecule has 0 aromatic carbocycles. The second kappa shape index (κ2) is 4.93. The first-order chi connectivity index (χ1) is 9.20. The summed E-state index contributed by atoms with van der Waals surface area (Å²) in [5, 5.41) is 0. The molecule has 1 unspecified atom stereocenters. The fourth-order valence-corrected chi connectivity index (χ4v) is 2.85. The molecule has 2 aromatic heterocycles. The van der Waals surface area contributed by atoms with Crippen LogP contribution in [0.4, 0.5) is 0 Å². The Morgan fingerprint density at radius 3 is 2.84 bits per heavy atom. The summed E-state index contributed by atoms with van der Waals surface area (Å²) in [4.78, 5) is 9.00. The number of nitrogens with two attached hydrogens (primary N) is 1. The second-order valence-electron chi connectivity index (χ2n) is 6.00. The van der Waals surface area contributed by atoms with Gasteiger partial charge in [0.05, 0.1) is 11.7 Å². The predicted molar refractivity (Wildman–Crippen MR) is 77.0 cm³/mol. The predicted octanol–water partition coefficient (Wildman–Crippen LogP) is 2.85. The fraction of sp³-hybridized carbons (Fsp3) is 0.600. The van der Waals surface area contributed by atoms with E-state index in [9.17, 15) is 0 Å². The highest BCUT2D eigenvalue weighted by atomic mass is 15.1. The first-order valence-corrected chi connectivity index (χ1v) is 7.22. The van der Waals surface area contributed by atoms with E-state index in [1.807, 2.05) is 12.4 Å². The van der Waals surface area contributed by atoms with Gasteiger partial charge in [0.25, 0.3) is 0 Å². The zero-order valence-electron chi connectivity index (χ0n) is 11.7. The molecule has 1 fully saturated rings. The molecule has 0 amide bonds. The standard InChI is InChI=1S/C15H22N4/c1-10(2)7-11(8-16)15-18-13-9-17-6-5-14(13)19(15)12-3-4-12/h5-6,9-12H,3-4,7-8,16H2,1-2H3. The summed E-state index contributed by atoms with van der Waals surface area (Å²) in [6.07, 6.45) is 7.34. The molecule has 19 heavy (non-hydrogen) atoms. The largest absolute Gasteiger partial charge is 0.330 e. The van der Waals surface area contributed by atoms with E-state index in [-0.39, 0.29) is 0 Å². The van der Waals surface area contributed by atoms with Crippen LogP contribution in [0, 0.1) is 5.92 Å². The van der Waals surface area contributed by atoms with Crippen molar-refractivity contribution < 1.29 is 0 Å². The summed E-state index contributed by atoms with van der Waals surface area (Å²) in [5.74, 6) is 2.16. The lowest BCUT2D eigenvalue weighted by Gasteiger charge is -2.18. The number of nitrogens with zero attached hydrogens (tertiary/aromatic N) is 3. The first-order valence-electron chi connectivity index (χ1n) is 7.22. The highest BCUT2D eigenvalue weighted by Gasteiger charge is 2.30. The molecule has 2 N–H and O–H groups in total. The number of aromatic nitrogens is 3. The normalized spacial score (nSPS) is 17.3. The summed E-state index contributed by atoms with van der Waals surface area (Å²) in [6, 6.07) is 2.70. The van der Waals surface area contributed by atoms with E-state index >= 15 is 0 Å². The zero-order valence-corrected chi connectivity index (χ0v) is 11.7. The van der Waals surface area contributed by atoms with E-state index in [4.69, 9.17) is 10.7 Å². The minimum Gasteiger partial charge on any atom is -0.330 e. The van der Waals surface area contributed by atoms with E-state index in [0.717, 1.165) is 11.9 Å². The number of hydrogen-bond acceptors (Lipinski definition) is 3. The topological polar surface area (TPSA) is 56.7 Å². The van der Waals surface area contributed by atoms with Crippen LogP contribution in [-0.2, 0) is 0 Å². The Hall–Kier alpha value is -1.42. The van der Waals surface area contributed by atoms with Gasteiger partial charge in [-0.1, -0.05) is 13.8 Å². The SMILES string of the molecule is CC(C)CC(CN)c1nc2cnccc2n1C1CC1. The van der Waals surface area contributed by atoms with E-state index in [1.165, 1.54) is 24.2 Å². The maximum absolute atomic E-state index is 6.00. The molecule has 1 atom stereocenters. The van der Waals surface area contributed by atoms with Gasteiger partial charge in [0.15, 0.2) is 0 Å². The van der Waals surface area contributed by atoms with Crippen molar-refractivity contribution >= 4 is 11.0 Å². The Morgan fingerprint density at radius 2 is 2.21 bits per heavy atom. The van der Waals surface area contributed by atoms with Gasteiger partial charge in [-0.3, -0.25) is 4.98 Å². The first kappa shape index (κ1) is 12.6. The van der Waals surface area contributed by atoms with Crippen molar-refractivity contribution in [1.82, 2.24) is 14.5 Å². The molecule has 0 spiro atoms. The van der Waals surface area contributed by atoms with Crippen LogP contribution in [0.2, 0.25) is 0 Å². The van der Waals surface area contributed by atoms with Crippen LogP contribution >= 0.6 is 0 Å². The second-order valence-corrected chi connectivity index (χ2v) is 6.00. The molecular formula is C15H22N4. The quantitative estimate of drug-likeness (QED) is 0.897. The Balaban J connectivity index is 2.08. The molecule has 1 aliphatic rings. The lowest BCUT2D eigenvalue weighted by atomic mass is 9.96. The maximum atomic E-state index is 6.00. The number of hydrogen-bond donors (Lipinski definition) is 1. The van der Waals surface area contributed by atoms with Crippen LogP contribution in [0.5, 0.6) is 0 Å². The van der Waals surface area contributed by atoms with E-state index < -0.39 is 0 Å². The van der Waals surface area contributed by atoms with Gasteiger partial charge in [-0.25, -0.2) is 4.98 Å².